The monoisotopic (exact) mass is 254 g/mol. The minimum absolute atomic E-state index is 0.0988. The average Bonchev–Trinajstić information content (AvgIpc) is 2.34. The van der Waals surface area contributed by atoms with Gasteiger partial charge in [0.25, 0.3) is 0 Å². The first-order valence-corrected chi connectivity index (χ1v) is 5.01. The molecule has 0 spiro atoms. The molecule has 0 radical (unpaired) electrons. The fourth-order valence-corrected chi connectivity index (χ4v) is 1.42. The van der Waals surface area contributed by atoms with Crippen LogP contribution in [-0.4, -0.2) is 35.3 Å². The van der Waals surface area contributed by atoms with Gasteiger partial charge in [0.1, 0.15) is 6.10 Å². The topological polar surface area (TPSA) is 136 Å². The summed E-state index contributed by atoms with van der Waals surface area (Å²) in [5, 5.41) is 19.0. The number of carbonyl (C=O) groups excluding carboxylic acids is 2. The van der Waals surface area contributed by atoms with Crippen LogP contribution >= 0.6 is 0 Å². The number of carbonyl (C=O) groups is 2. The lowest BCUT2D eigenvalue weighted by Gasteiger charge is -2.16. The van der Waals surface area contributed by atoms with Crippen molar-refractivity contribution in [2.45, 2.75) is 12.2 Å². The van der Waals surface area contributed by atoms with Crippen LogP contribution in [0.5, 0.6) is 0 Å². The molecule has 0 aliphatic rings. The number of anilines is 1. The number of aliphatic hydroxyl groups excluding tert-OH is 2. The lowest BCUT2D eigenvalue weighted by molar-refractivity contribution is -0.131. The molecule has 0 saturated carbocycles. The van der Waals surface area contributed by atoms with Crippen molar-refractivity contribution in [3.63, 3.8) is 0 Å². The van der Waals surface area contributed by atoms with E-state index in [0.29, 0.717) is 0 Å². The highest BCUT2D eigenvalue weighted by atomic mass is 16.5. The Morgan fingerprint density at radius 2 is 1.89 bits per heavy atom. The number of amides is 1. The molecule has 1 amide bonds. The van der Waals surface area contributed by atoms with Crippen molar-refractivity contribution in [3.05, 3.63) is 29.3 Å². The maximum Gasteiger partial charge on any atom is 0.337 e. The number of aliphatic hydroxyl groups is 2. The molecule has 7 heteroatoms. The van der Waals surface area contributed by atoms with Crippen LogP contribution in [0.3, 0.4) is 0 Å². The first kappa shape index (κ1) is 13.9. The van der Waals surface area contributed by atoms with Gasteiger partial charge in [0.05, 0.1) is 12.7 Å². The zero-order valence-corrected chi connectivity index (χ0v) is 9.66. The van der Waals surface area contributed by atoms with Crippen molar-refractivity contribution < 1.29 is 24.5 Å². The van der Waals surface area contributed by atoms with E-state index in [4.69, 9.17) is 11.5 Å². The Balaban J connectivity index is 3.13. The molecule has 1 aromatic rings. The quantitative estimate of drug-likeness (QED) is 0.399. The number of ether oxygens (including phenoxy) is 1. The molecule has 0 saturated heterocycles. The van der Waals surface area contributed by atoms with E-state index in [-0.39, 0.29) is 16.8 Å². The van der Waals surface area contributed by atoms with Crippen LogP contribution in [0.4, 0.5) is 5.69 Å². The third kappa shape index (κ3) is 2.96. The van der Waals surface area contributed by atoms with Crippen molar-refractivity contribution in [1.82, 2.24) is 0 Å². The predicted molar refractivity (Wildman–Crippen MR) is 62.4 cm³/mol. The SMILES string of the molecule is COC(=O)c1cc(N)cc(C(O)C(O)C(N)=O)c1. The molecule has 0 heterocycles. The molecule has 7 nitrogen and oxygen atoms in total. The van der Waals surface area contributed by atoms with E-state index < -0.39 is 24.1 Å². The maximum absolute atomic E-state index is 11.3. The van der Waals surface area contributed by atoms with Gasteiger partial charge in [-0.2, -0.15) is 0 Å². The zero-order chi connectivity index (χ0) is 13.9. The molecule has 2 unspecified atom stereocenters. The van der Waals surface area contributed by atoms with Gasteiger partial charge in [-0.05, 0) is 23.8 Å². The summed E-state index contributed by atoms with van der Waals surface area (Å²) in [5.41, 5.74) is 10.8. The molecule has 0 aliphatic heterocycles. The number of esters is 1. The largest absolute Gasteiger partial charge is 0.465 e. The zero-order valence-electron chi connectivity index (χ0n) is 9.66. The molecule has 0 fully saturated rings. The van der Waals surface area contributed by atoms with Gasteiger partial charge in [-0.1, -0.05) is 0 Å². The second-order valence-corrected chi connectivity index (χ2v) is 3.67. The molecule has 6 N–H and O–H groups in total. The standard InChI is InChI=1S/C11H14N2O5/c1-18-11(17)6-2-5(3-7(12)4-6)8(14)9(15)10(13)16/h2-4,8-9,14-15H,12H2,1H3,(H2,13,16). The number of nitrogens with two attached hydrogens (primary N) is 2. The lowest BCUT2D eigenvalue weighted by atomic mass is 10.0. The van der Waals surface area contributed by atoms with Crippen molar-refractivity contribution >= 4 is 17.6 Å². The van der Waals surface area contributed by atoms with Crippen LogP contribution < -0.4 is 11.5 Å². The van der Waals surface area contributed by atoms with Gasteiger partial charge in [0.2, 0.25) is 5.91 Å². The Labute approximate surface area is 103 Å². The van der Waals surface area contributed by atoms with Gasteiger partial charge < -0.3 is 26.4 Å². The number of rotatable bonds is 4. The highest BCUT2D eigenvalue weighted by molar-refractivity contribution is 5.90. The van der Waals surface area contributed by atoms with E-state index >= 15 is 0 Å². The summed E-state index contributed by atoms with van der Waals surface area (Å²) >= 11 is 0. The van der Waals surface area contributed by atoms with Crippen LogP contribution in [0.25, 0.3) is 0 Å². The molecule has 2 atom stereocenters. The minimum Gasteiger partial charge on any atom is -0.465 e. The Kier molecular flexibility index (Phi) is 4.24. The van der Waals surface area contributed by atoms with Gasteiger partial charge in [0.15, 0.2) is 6.10 Å². The molecule has 0 bridgehead atoms. The summed E-state index contributed by atoms with van der Waals surface area (Å²) in [6, 6.07) is 3.93. The highest BCUT2D eigenvalue weighted by Crippen LogP contribution is 2.22. The maximum atomic E-state index is 11.3. The van der Waals surface area contributed by atoms with Gasteiger partial charge in [-0.25, -0.2) is 4.79 Å². The first-order chi connectivity index (χ1) is 8.36. The number of methoxy groups -OCH3 is 1. The minimum atomic E-state index is -1.78. The highest BCUT2D eigenvalue weighted by Gasteiger charge is 2.24. The van der Waals surface area contributed by atoms with E-state index in [0.717, 1.165) is 0 Å². The average molecular weight is 254 g/mol. The number of benzene rings is 1. The summed E-state index contributed by atoms with van der Waals surface area (Å²) in [7, 11) is 1.19. The van der Waals surface area contributed by atoms with E-state index in [1.807, 2.05) is 0 Å². The number of hydrogen-bond acceptors (Lipinski definition) is 6. The molecule has 0 aromatic heterocycles. The molecule has 98 valence electrons. The predicted octanol–water partition coefficient (Wildman–Crippen LogP) is -1.06. The van der Waals surface area contributed by atoms with Crippen molar-refractivity contribution in [2.75, 3.05) is 12.8 Å². The third-order valence-corrected chi connectivity index (χ3v) is 2.33. The number of hydrogen-bond donors (Lipinski definition) is 4. The van der Waals surface area contributed by atoms with Gasteiger partial charge in [-0.15, -0.1) is 0 Å². The van der Waals surface area contributed by atoms with Crippen LogP contribution in [-0.2, 0) is 9.53 Å². The summed E-state index contributed by atoms with van der Waals surface area (Å²) in [4.78, 5) is 22.1. The molecule has 0 aliphatic carbocycles. The second-order valence-electron chi connectivity index (χ2n) is 3.67. The van der Waals surface area contributed by atoms with Crippen LogP contribution in [0, 0.1) is 0 Å². The van der Waals surface area contributed by atoms with Crippen molar-refractivity contribution in [3.8, 4) is 0 Å². The van der Waals surface area contributed by atoms with E-state index in [2.05, 4.69) is 4.74 Å². The van der Waals surface area contributed by atoms with E-state index in [1.165, 1.54) is 25.3 Å². The molecular weight excluding hydrogens is 240 g/mol. The Hall–Kier alpha value is -2.12. The van der Waals surface area contributed by atoms with Crippen molar-refractivity contribution in [2.24, 2.45) is 5.73 Å². The van der Waals surface area contributed by atoms with Crippen molar-refractivity contribution in [1.29, 1.82) is 0 Å². The summed E-state index contributed by atoms with van der Waals surface area (Å²) in [6.07, 6.45) is -3.34. The van der Waals surface area contributed by atoms with E-state index in [9.17, 15) is 19.8 Å². The molecule has 1 rings (SSSR count). The van der Waals surface area contributed by atoms with Crippen LogP contribution in [0.15, 0.2) is 18.2 Å². The Morgan fingerprint density at radius 3 is 2.39 bits per heavy atom. The molecular formula is C11H14N2O5. The molecule has 1 aromatic carbocycles. The summed E-state index contributed by atoms with van der Waals surface area (Å²) in [6.45, 7) is 0. The fourth-order valence-electron chi connectivity index (χ4n) is 1.42. The van der Waals surface area contributed by atoms with Crippen LogP contribution in [0.2, 0.25) is 0 Å². The number of primary amides is 1. The Morgan fingerprint density at radius 1 is 1.28 bits per heavy atom. The molecule has 18 heavy (non-hydrogen) atoms. The normalized spacial score (nSPS) is 13.7. The van der Waals surface area contributed by atoms with Crippen LogP contribution in [0.1, 0.15) is 22.0 Å². The summed E-state index contributed by atoms with van der Waals surface area (Å²) in [5.74, 6) is -1.73. The smallest absolute Gasteiger partial charge is 0.337 e. The van der Waals surface area contributed by atoms with Gasteiger partial charge in [-0.3, -0.25) is 4.79 Å². The van der Waals surface area contributed by atoms with Gasteiger partial charge in [0, 0.05) is 5.69 Å². The lowest BCUT2D eigenvalue weighted by Crippen LogP contribution is -2.34. The second kappa shape index (κ2) is 5.48. The Bertz CT molecular complexity index is 475. The number of nitrogen functional groups attached to an aromatic ring is 1. The third-order valence-electron chi connectivity index (χ3n) is 2.33. The first-order valence-electron chi connectivity index (χ1n) is 5.01. The van der Waals surface area contributed by atoms with Gasteiger partial charge >= 0.3 is 5.97 Å². The van der Waals surface area contributed by atoms with E-state index in [1.54, 1.807) is 0 Å². The fraction of sp³-hybridized carbons (Fsp3) is 0.273. The summed E-state index contributed by atoms with van der Waals surface area (Å²) < 4.78 is 4.50.